The summed E-state index contributed by atoms with van der Waals surface area (Å²) in [5, 5.41) is 5.15. The van der Waals surface area contributed by atoms with Crippen LogP contribution in [0.5, 0.6) is 0 Å². The Morgan fingerprint density at radius 2 is 0.980 bits per heavy atom. The minimum Gasteiger partial charge on any atom is -0.321 e. The summed E-state index contributed by atoms with van der Waals surface area (Å²) in [5.41, 5.74) is 3.43. The molecule has 49 heavy (non-hydrogen) atoms. The second-order valence-corrected chi connectivity index (χ2v) is 13.9. The summed E-state index contributed by atoms with van der Waals surface area (Å²) in [5.74, 6) is 0.0308. The minimum atomic E-state index is -4.40. The topological polar surface area (TPSA) is 156 Å². The van der Waals surface area contributed by atoms with Gasteiger partial charge in [-0.15, -0.1) is 0 Å². The molecule has 0 aromatic heterocycles. The fraction of sp³-hybridized carbons (Fsp3) is 0.297. The molecule has 0 aliphatic carbocycles. The van der Waals surface area contributed by atoms with Crippen LogP contribution in [0.2, 0.25) is 0 Å². The van der Waals surface area contributed by atoms with Gasteiger partial charge in [0.1, 0.15) is 9.79 Å². The first kappa shape index (κ1) is 42.7. The Hall–Kier alpha value is -4.36. The van der Waals surface area contributed by atoms with Gasteiger partial charge >= 0.3 is 0 Å². The highest BCUT2D eigenvalue weighted by molar-refractivity contribution is 7.87. The number of hydrogen-bond acceptors (Lipinski definition) is 7. The number of anilines is 2. The largest absolute Gasteiger partial charge is 0.321 e. The molecule has 0 spiro atoms. The molecule has 4 aromatic rings. The number of carbonyl (C=O) groups is 2. The van der Waals surface area contributed by atoms with Gasteiger partial charge in [-0.2, -0.15) is 16.8 Å². The molecule has 266 valence electrons. The summed E-state index contributed by atoms with van der Waals surface area (Å²) >= 11 is 0. The van der Waals surface area contributed by atoms with Crippen molar-refractivity contribution in [1.29, 1.82) is 0 Å². The highest BCUT2D eigenvalue weighted by atomic mass is 32.2. The van der Waals surface area contributed by atoms with Crippen LogP contribution >= 0.6 is 0 Å². The van der Waals surface area contributed by atoms with Crippen molar-refractivity contribution in [3.8, 4) is 0 Å². The van der Waals surface area contributed by atoms with Gasteiger partial charge in [-0.05, 0) is 84.3 Å². The second-order valence-electron chi connectivity index (χ2n) is 10.9. The molecule has 0 aliphatic heterocycles. The van der Waals surface area contributed by atoms with E-state index in [1.807, 2.05) is 24.3 Å². The lowest BCUT2D eigenvalue weighted by molar-refractivity contribution is 0.101. The summed E-state index contributed by atoms with van der Waals surface area (Å²) < 4.78 is 60.2. The number of benzene rings is 4. The highest BCUT2D eigenvalue weighted by Gasteiger charge is 2.20. The monoisotopic (exact) mass is 712 g/mol. The van der Waals surface area contributed by atoms with Gasteiger partial charge in [-0.25, -0.2) is 0 Å². The first-order chi connectivity index (χ1) is 22.2. The van der Waals surface area contributed by atoms with E-state index >= 15 is 0 Å². The van der Waals surface area contributed by atoms with Gasteiger partial charge in [0.05, 0.1) is 18.5 Å². The quantitative estimate of drug-likeness (QED) is 0.103. The number of nitrogens with one attached hydrogen (secondary N) is 2. The van der Waals surface area contributed by atoms with E-state index in [2.05, 4.69) is 42.5 Å². The third kappa shape index (κ3) is 11.6. The first-order valence-corrected chi connectivity index (χ1v) is 17.8. The summed E-state index contributed by atoms with van der Waals surface area (Å²) in [7, 11) is -7.21. The third-order valence-electron chi connectivity index (χ3n) is 7.75. The Balaban J connectivity index is 0.000000471. The molecule has 0 aliphatic rings. The molecule has 0 bridgehead atoms. The lowest BCUT2D eigenvalue weighted by Crippen LogP contribution is -2.15. The van der Waals surface area contributed by atoms with Crippen molar-refractivity contribution in [2.24, 2.45) is 0 Å². The van der Waals surface area contributed by atoms with Crippen molar-refractivity contribution < 1.29 is 35.2 Å². The molecule has 0 heterocycles. The van der Waals surface area contributed by atoms with Crippen LogP contribution in [0.15, 0.2) is 107 Å². The molecule has 0 saturated carbocycles. The van der Waals surface area contributed by atoms with Crippen LogP contribution in [0.4, 0.5) is 11.4 Å². The average molecular weight is 713 g/mol. The third-order valence-corrected chi connectivity index (χ3v) is 9.99. The standard InChI is InChI=1S/C18H21NO4S.C17H19NO4S.2CH4/c1-4-13(2)14-9-11-15(12-10-14)18(20)19-16-7-5-6-8-17(16)24(21,22)23-3;1-3-12(2)13-8-10-14(11-9-13)17(19)18-15-6-4-5-7-16(15)23(20,21)22;;/h5-13H,4H2,1-3H3,(H,19,20);4-12H,3H2,1-2H3,(H,18,19)(H,20,21,22);2*1H4. The van der Waals surface area contributed by atoms with Crippen LogP contribution < -0.4 is 10.6 Å². The SMILES string of the molecule is C.C.CCC(C)c1ccc(C(=O)Nc2ccccc2S(=O)(=O)O)cc1.CCC(C)c1ccc(C(=O)Nc2ccccc2S(=O)(=O)OC)cc1. The van der Waals surface area contributed by atoms with E-state index < -0.39 is 26.1 Å². The molecular formula is C37H48N2O8S2. The van der Waals surface area contributed by atoms with Crippen LogP contribution in [0.1, 0.15) is 99.1 Å². The number of para-hydroxylation sites is 2. The van der Waals surface area contributed by atoms with E-state index in [4.69, 9.17) is 0 Å². The summed E-state index contributed by atoms with van der Waals surface area (Å²) in [6, 6.07) is 26.3. The number of amides is 2. The molecule has 0 saturated heterocycles. The number of rotatable bonds is 11. The van der Waals surface area contributed by atoms with Crippen LogP contribution in [0.25, 0.3) is 0 Å². The summed E-state index contributed by atoms with van der Waals surface area (Å²) in [6.45, 7) is 8.44. The Labute approximate surface area is 291 Å². The van der Waals surface area contributed by atoms with Crippen molar-refractivity contribution in [3.63, 3.8) is 0 Å². The smallest absolute Gasteiger partial charge is 0.298 e. The highest BCUT2D eigenvalue weighted by Crippen LogP contribution is 2.25. The van der Waals surface area contributed by atoms with Gasteiger partial charge < -0.3 is 10.6 Å². The van der Waals surface area contributed by atoms with E-state index in [0.29, 0.717) is 23.0 Å². The van der Waals surface area contributed by atoms with Gasteiger partial charge in [0.25, 0.3) is 32.1 Å². The van der Waals surface area contributed by atoms with Crippen molar-refractivity contribution >= 4 is 43.4 Å². The van der Waals surface area contributed by atoms with Crippen molar-refractivity contribution in [2.45, 2.75) is 77.0 Å². The maximum atomic E-state index is 12.4. The van der Waals surface area contributed by atoms with Gasteiger partial charge in [0.2, 0.25) is 0 Å². The molecule has 4 aromatic carbocycles. The molecule has 3 N–H and O–H groups in total. The Bertz CT molecular complexity index is 1890. The van der Waals surface area contributed by atoms with Crippen molar-refractivity contribution in [2.75, 3.05) is 17.7 Å². The fourth-order valence-electron chi connectivity index (χ4n) is 4.46. The predicted molar refractivity (Wildman–Crippen MR) is 197 cm³/mol. The Morgan fingerprint density at radius 1 is 0.633 bits per heavy atom. The molecule has 0 radical (unpaired) electrons. The molecular weight excluding hydrogens is 665 g/mol. The van der Waals surface area contributed by atoms with E-state index in [1.54, 1.807) is 42.5 Å². The van der Waals surface area contributed by atoms with Crippen molar-refractivity contribution in [3.05, 3.63) is 119 Å². The van der Waals surface area contributed by atoms with Crippen LogP contribution in [-0.4, -0.2) is 40.3 Å². The molecule has 12 heteroatoms. The molecule has 10 nitrogen and oxygen atoms in total. The Morgan fingerprint density at radius 3 is 1.33 bits per heavy atom. The summed E-state index contributed by atoms with van der Waals surface area (Å²) in [4.78, 5) is 24.2. The molecule has 2 unspecified atom stereocenters. The predicted octanol–water partition coefficient (Wildman–Crippen LogP) is 8.76. The van der Waals surface area contributed by atoms with Crippen LogP contribution in [-0.2, 0) is 24.4 Å². The van der Waals surface area contributed by atoms with E-state index in [1.165, 1.54) is 30.3 Å². The zero-order chi connectivity index (χ0) is 34.8. The van der Waals surface area contributed by atoms with E-state index in [9.17, 15) is 31.0 Å². The van der Waals surface area contributed by atoms with Gasteiger partial charge in [-0.1, -0.05) is 91.1 Å². The normalized spacial score (nSPS) is 12.1. The van der Waals surface area contributed by atoms with E-state index in [0.717, 1.165) is 31.1 Å². The van der Waals surface area contributed by atoms with E-state index in [-0.39, 0.29) is 41.9 Å². The van der Waals surface area contributed by atoms with Crippen LogP contribution in [0.3, 0.4) is 0 Å². The lowest BCUT2D eigenvalue weighted by Gasteiger charge is -2.12. The van der Waals surface area contributed by atoms with Gasteiger partial charge in [0, 0.05) is 11.1 Å². The zero-order valence-electron chi connectivity index (χ0n) is 26.9. The molecule has 4 rings (SSSR count). The maximum absolute atomic E-state index is 12.4. The van der Waals surface area contributed by atoms with Crippen molar-refractivity contribution in [1.82, 2.24) is 0 Å². The Kier molecular flexibility index (Phi) is 16.5. The fourth-order valence-corrected chi connectivity index (χ4v) is 5.92. The number of carbonyl (C=O) groups excluding carboxylic acids is 2. The average Bonchev–Trinajstić information content (AvgIpc) is 3.07. The lowest BCUT2D eigenvalue weighted by atomic mass is 9.97. The van der Waals surface area contributed by atoms with Gasteiger partial charge in [0.15, 0.2) is 0 Å². The maximum Gasteiger partial charge on any atom is 0.298 e. The van der Waals surface area contributed by atoms with Gasteiger partial charge in [-0.3, -0.25) is 18.3 Å². The molecule has 0 fully saturated rings. The molecule has 2 atom stereocenters. The first-order valence-electron chi connectivity index (χ1n) is 15.0. The summed E-state index contributed by atoms with van der Waals surface area (Å²) in [6.07, 6.45) is 2.03. The number of hydrogen-bond donors (Lipinski definition) is 3. The van der Waals surface area contributed by atoms with Crippen LogP contribution in [0, 0.1) is 0 Å². The minimum absolute atomic E-state index is 0. The molecule has 2 amide bonds. The second kappa shape index (κ2) is 19.0. The zero-order valence-corrected chi connectivity index (χ0v) is 28.6.